The summed E-state index contributed by atoms with van der Waals surface area (Å²) in [7, 11) is -1.87. The van der Waals surface area contributed by atoms with E-state index in [0.717, 1.165) is 25.4 Å². The first-order chi connectivity index (χ1) is 20.6. The van der Waals surface area contributed by atoms with E-state index in [9.17, 15) is 4.79 Å². The van der Waals surface area contributed by atoms with Crippen molar-refractivity contribution < 1.29 is 14.0 Å². The fourth-order valence-corrected chi connectivity index (χ4v) is 17.1. The molecule has 44 heavy (non-hydrogen) atoms. The van der Waals surface area contributed by atoms with E-state index in [4.69, 9.17) is 9.16 Å². The van der Waals surface area contributed by atoms with Crippen molar-refractivity contribution in [2.24, 2.45) is 39.9 Å². The van der Waals surface area contributed by atoms with Crippen LogP contribution in [0.15, 0.2) is 53.6 Å². The maximum atomic E-state index is 13.1. The van der Waals surface area contributed by atoms with Gasteiger partial charge >= 0.3 is 5.97 Å². The van der Waals surface area contributed by atoms with Gasteiger partial charge < -0.3 is 9.16 Å². The molecule has 0 amide bonds. The van der Waals surface area contributed by atoms with Gasteiger partial charge in [0, 0.05) is 12.0 Å². The SMILES string of the molecule is CC(C)[Si](OC[C@@H](C)[C@H]1CC[C@H]2C3=CC=C4C(C)(C)[C@@H](OC(=O)c5ccccc5)CC[C@]4(C)[C@H]3CC[C@]12C)(C(C)C)C(C)C. The molecule has 3 saturated carbocycles. The number of hydrogen-bond acceptors (Lipinski definition) is 3. The molecule has 3 fully saturated rings. The Kier molecular flexibility index (Phi) is 9.33. The van der Waals surface area contributed by atoms with Crippen LogP contribution >= 0.6 is 0 Å². The van der Waals surface area contributed by atoms with E-state index in [1.807, 2.05) is 30.3 Å². The zero-order valence-corrected chi connectivity index (χ0v) is 30.8. The van der Waals surface area contributed by atoms with Crippen LogP contribution in [-0.2, 0) is 9.16 Å². The van der Waals surface area contributed by atoms with Crippen LogP contribution in [0.25, 0.3) is 0 Å². The van der Waals surface area contributed by atoms with Crippen molar-refractivity contribution in [2.45, 2.75) is 137 Å². The van der Waals surface area contributed by atoms with Crippen LogP contribution in [-0.4, -0.2) is 27.0 Å². The topological polar surface area (TPSA) is 35.5 Å². The van der Waals surface area contributed by atoms with Gasteiger partial charge in [0.2, 0.25) is 0 Å². The van der Waals surface area contributed by atoms with Crippen molar-refractivity contribution in [3.05, 3.63) is 59.2 Å². The highest BCUT2D eigenvalue weighted by molar-refractivity contribution is 6.77. The first kappa shape index (κ1) is 33.7. The van der Waals surface area contributed by atoms with Crippen LogP contribution < -0.4 is 0 Å². The Balaban J connectivity index is 1.35. The molecule has 4 heteroatoms. The molecule has 5 rings (SSSR count). The normalized spacial score (nSPS) is 33.8. The van der Waals surface area contributed by atoms with E-state index >= 15 is 0 Å². The Bertz CT molecular complexity index is 1240. The quantitative estimate of drug-likeness (QED) is 0.204. The van der Waals surface area contributed by atoms with Gasteiger partial charge in [0.05, 0.1) is 5.56 Å². The number of carbonyl (C=O) groups excluding carboxylic acids is 1. The van der Waals surface area contributed by atoms with Crippen molar-refractivity contribution in [3.63, 3.8) is 0 Å². The molecular formula is C40H62O3Si. The molecule has 0 unspecified atom stereocenters. The van der Waals surface area contributed by atoms with Gasteiger partial charge in [-0.1, -0.05) is 118 Å². The molecule has 0 aromatic heterocycles. The second-order valence-electron chi connectivity index (χ2n) is 17.1. The number of esters is 1. The van der Waals surface area contributed by atoms with Crippen LogP contribution in [0.5, 0.6) is 0 Å². The Morgan fingerprint density at radius 1 is 0.818 bits per heavy atom. The smallest absolute Gasteiger partial charge is 0.338 e. The second kappa shape index (κ2) is 12.2. The van der Waals surface area contributed by atoms with Crippen LogP contribution in [0, 0.1) is 39.9 Å². The van der Waals surface area contributed by atoms with Gasteiger partial charge in [-0.2, -0.15) is 0 Å². The van der Waals surface area contributed by atoms with E-state index in [1.165, 1.54) is 31.3 Å². The van der Waals surface area contributed by atoms with Crippen molar-refractivity contribution >= 4 is 14.3 Å². The summed E-state index contributed by atoms with van der Waals surface area (Å²) in [6.45, 7) is 27.7. The molecule has 244 valence electrons. The van der Waals surface area contributed by atoms with E-state index in [0.29, 0.717) is 45.4 Å². The van der Waals surface area contributed by atoms with Crippen molar-refractivity contribution in [1.82, 2.24) is 0 Å². The maximum Gasteiger partial charge on any atom is 0.338 e. The Hall–Kier alpha value is -1.65. The van der Waals surface area contributed by atoms with Gasteiger partial charge in [-0.15, -0.1) is 0 Å². The minimum Gasteiger partial charge on any atom is -0.458 e. The predicted octanol–water partition coefficient (Wildman–Crippen LogP) is 11.2. The van der Waals surface area contributed by atoms with Gasteiger partial charge in [-0.3, -0.25) is 0 Å². The van der Waals surface area contributed by atoms with Crippen LogP contribution in [0.1, 0.15) is 125 Å². The van der Waals surface area contributed by atoms with Crippen LogP contribution in [0.2, 0.25) is 16.6 Å². The molecule has 0 N–H and O–H groups in total. The lowest BCUT2D eigenvalue weighted by atomic mass is 9.47. The summed E-state index contributed by atoms with van der Waals surface area (Å²) < 4.78 is 13.4. The first-order valence-electron chi connectivity index (χ1n) is 17.9. The third-order valence-electron chi connectivity index (χ3n) is 13.7. The molecule has 7 atom stereocenters. The number of hydrogen-bond donors (Lipinski definition) is 0. The molecule has 4 aliphatic rings. The largest absolute Gasteiger partial charge is 0.458 e. The highest BCUT2D eigenvalue weighted by Gasteiger charge is 2.60. The number of benzene rings is 1. The fraction of sp³-hybridized carbons (Fsp3) is 0.725. The molecule has 4 aliphatic carbocycles. The van der Waals surface area contributed by atoms with Crippen LogP contribution in [0.3, 0.4) is 0 Å². The minimum absolute atomic E-state index is 0.103. The third-order valence-corrected chi connectivity index (χ3v) is 19.8. The average molecular weight is 619 g/mol. The molecule has 1 aromatic carbocycles. The molecule has 0 radical (unpaired) electrons. The first-order valence-corrected chi connectivity index (χ1v) is 20.1. The van der Waals surface area contributed by atoms with Crippen molar-refractivity contribution in [2.75, 3.05) is 6.61 Å². The van der Waals surface area contributed by atoms with E-state index in [1.54, 1.807) is 5.57 Å². The third kappa shape index (κ3) is 5.32. The van der Waals surface area contributed by atoms with E-state index in [2.05, 4.69) is 88.3 Å². The molecule has 0 bridgehead atoms. The highest BCUT2D eigenvalue weighted by Crippen LogP contribution is 2.68. The number of rotatable bonds is 9. The predicted molar refractivity (Wildman–Crippen MR) is 186 cm³/mol. The van der Waals surface area contributed by atoms with E-state index < -0.39 is 8.32 Å². The van der Waals surface area contributed by atoms with Crippen LogP contribution in [0.4, 0.5) is 0 Å². The molecule has 0 heterocycles. The molecule has 1 aromatic rings. The lowest BCUT2D eigenvalue weighted by Gasteiger charge is -2.59. The minimum atomic E-state index is -1.87. The zero-order chi connectivity index (χ0) is 32.2. The summed E-state index contributed by atoms with van der Waals surface area (Å²) in [5, 5.41) is 0. The number of carbonyl (C=O) groups is 1. The molecule has 0 spiro atoms. The summed E-state index contributed by atoms with van der Waals surface area (Å²) in [5.74, 6) is 2.37. The summed E-state index contributed by atoms with van der Waals surface area (Å²) in [6.07, 6.45) is 12.1. The molecule has 3 nitrogen and oxygen atoms in total. The molecule has 0 saturated heterocycles. The van der Waals surface area contributed by atoms with Gasteiger partial charge in [0.1, 0.15) is 6.10 Å². The fourth-order valence-electron chi connectivity index (χ4n) is 11.5. The van der Waals surface area contributed by atoms with Gasteiger partial charge in [-0.05, 0) is 102 Å². The monoisotopic (exact) mass is 618 g/mol. The summed E-state index contributed by atoms with van der Waals surface area (Å²) in [4.78, 5) is 13.1. The maximum absolute atomic E-state index is 13.1. The van der Waals surface area contributed by atoms with Crippen molar-refractivity contribution in [1.29, 1.82) is 0 Å². The lowest BCUT2D eigenvalue weighted by molar-refractivity contribution is -0.0397. The van der Waals surface area contributed by atoms with E-state index in [-0.39, 0.29) is 22.9 Å². The zero-order valence-electron chi connectivity index (χ0n) is 29.8. The second-order valence-corrected chi connectivity index (χ2v) is 22.6. The lowest BCUT2D eigenvalue weighted by Crippen LogP contribution is -2.52. The number of ether oxygens (including phenoxy) is 1. The standard InChI is InChI=1S/C40H62O3Si/c1-26(2)44(27(3)4,28(5)6)42-25-29(7)32-18-19-33-31-17-20-35-38(8,9)36(43-37(41)30-15-13-12-14-16-30)22-24-40(35,11)34(31)21-23-39(32,33)10/h12-17,20,26-29,32-34,36H,18-19,21-25H2,1-11H3/t29-,32-,33+,34+,36+,39-,40-/m1/s1. The van der Waals surface area contributed by atoms with Crippen molar-refractivity contribution in [3.8, 4) is 0 Å². The number of allylic oxidation sites excluding steroid dienone is 3. The van der Waals surface area contributed by atoms with Gasteiger partial charge in [-0.25, -0.2) is 4.79 Å². The summed E-state index contributed by atoms with van der Waals surface area (Å²) in [5.41, 5.74) is 6.05. The molecule has 0 aliphatic heterocycles. The Morgan fingerprint density at radius 2 is 1.45 bits per heavy atom. The molecular weight excluding hydrogens is 557 g/mol. The highest BCUT2D eigenvalue weighted by atomic mass is 28.4. The number of fused-ring (bicyclic) bond motifs is 5. The summed E-state index contributed by atoms with van der Waals surface area (Å²) in [6, 6.07) is 9.47. The van der Waals surface area contributed by atoms with Gasteiger partial charge in [0.25, 0.3) is 0 Å². The Morgan fingerprint density at radius 3 is 2.07 bits per heavy atom. The summed E-state index contributed by atoms with van der Waals surface area (Å²) >= 11 is 0. The average Bonchev–Trinajstić information content (AvgIpc) is 3.32. The Labute approximate surface area is 270 Å². The van der Waals surface area contributed by atoms with Gasteiger partial charge in [0.15, 0.2) is 8.32 Å².